The molecule has 200 valence electrons. The van der Waals surface area contributed by atoms with E-state index in [0.29, 0.717) is 19.1 Å². The fourth-order valence-electron chi connectivity index (χ4n) is 4.44. The van der Waals surface area contributed by atoms with Gasteiger partial charge in [-0.2, -0.15) is 0 Å². The molecule has 8 heteroatoms. The van der Waals surface area contributed by atoms with Crippen molar-refractivity contribution in [2.75, 3.05) is 90.2 Å². The molecular formula is C28H45N5O3. The Balaban J connectivity index is 0.000000201. The molecule has 0 radical (unpaired) electrons. The molecule has 2 aromatic rings. The molecular weight excluding hydrogens is 454 g/mol. The first-order chi connectivity index (χ1) is 17.6. The monoisotopic (exact) mass is 499 g/mol. The van der Waals surface area contributed by atoms with Crippen LogP contribution in [0.4, 0.5) is 11.4 Å². The number of nitrogen functional groups attached to an aromatic ring is 2. The average Bonchev–Trinajstić information content (AvgIpc) is 2.92. The van der Waals surface area contributed by atoms with Crippen LogP contribution in [0.25, 0.3) is 0 Å². The number of anilines is 2. The van der Waals surface area contributed by atoms with Gasteiger partial charge in [0.05, 0.1) is 0 Å². The first kappa shape index (κ1) is 28.1. The third kappa shape index (κ3) is 10.2. The summed E-state index contributed by atoms with van der Waals surface area (Å²) in [4.78, 5) is 7.34. The summed E-state index contributed by atoms with van der Waals surface area (Å²) in [5, 5.41) is 9.07. The predicted octanol–water partition coefficient (Wildman–Crippen LogP) is 2.64. The van der Waals surface area contributed by atoms with Gasteiger partial charge >= 0.3 is 0 Å². The molecule has 0 aliphatic carbocycles. The molecule has 0 atom stereocenters. The van der Waals surface area contributed by atoms with Crippen molar-refractivity contribution in [2.45, 2.75) is 19.8 Å². The molecule has 8 nitrogen and oxygen atoms in total. The molecule has 2 heterocycles. The second-order valence-corrected chi connectivity index (χ2v) is 9.58. The maximum atomic E-state index is 9.07. The number of aliphatic hydroxyl groups excluding tert-OH is 1. The van der Waals surface area contributed by atoms with Gasteiger partial charge in [0.1, 0.15) is 24.7 Å². The van der Waals surface area contributed by atoms with Crippen molar-refractivity contribution in [3.63, 3.8) is 0 Å². The molecule has 0 bridgehead atoms. The highest BCUT2D eigenvalue weighted by atomic mass is 16.5. The number of likely N-dealkylation sites (N-methyl/N-ethyl adjacent to an activating group) is 1. The molecule has 2 aliphatic heterocycles. The van der Waals surface area contributed by atoms with Gasteiger partial charge in [0, 0.05) is 57.3 Å². The van der Waals surface area contributed by atoms with Gasteiger partial charge in [-0.3, -0.25) is 9.80 Å². The minimum absolute atomic E-state index is 0.329. The van der Waals surface area contributed by atoms with E-state index in [1.165, 1.54) is 13.1 Å². The Bertz CT molecular complexity index is 762. The standard InChI is InChI=1S/C14H23N3O.C14H22N2O2/c1-2-16-7-9-17(10-8-16)11-12-18-14-5-3-13(15)4-6-14;15-13-1-3-14(4-2-13)18-10-9-16-7-5-12(11-17)6-8-16/h3-6H,2,7-12,15H2,1H3;1-4,12,17H,5-11,15H2. The smallest absolute Gasteiger partial charge is 0.119 e. The fourth-order valence-corrected chi connectivity index (χ4v) is 4.44. The molecule has 2 aromatic carbocycles. The number of likely N-dealkylation sites (tertiary alicyclic amines) is 1. The quantitative estimate of drug-likeness (QED) is 0.429. The number of piperazine rings is 1. The van der Waals surface area contributed by atoms with Crippen LogP contribution in [0, 0.1) is 5.92 Å². The Morgan fingerprint density at radius 1 is 0.694 bits per heavy atom. The van der Waals surface area contributed by atoms with Gasteiger partial charge in [-0.1, -0.05) is 6.92 Å². The molecule has 5 N–H and O–H groups in total. The zero-order valence-corrected chi connectivity index (χ0v) is 21.9. The molecule has 0 spiro atoms. The summed E-state index contributed by atoms with van der Waals surface area (Å²) in [5.41, 5.74) is 12.8. The summed E-state index contributed by atoms with van der Waals surface area (Å²) in [6.45, 7) is 13.9. The highest BCUT2D eigenvalue weighted by Gasteiger charge is 2.18. The van der Waals surface area contributed by atoms with Crippen molar-refractivity contribution in [3.05, 3.63) is 48.5 Å². The lowest BCUT2D eigenvalue weighted by molar-refractivity contribution is 0.119. The van der Waals surface area contributed by atoms with E-state index in [2.05, 4.69) is 21.6 Å². The number of nitrogens with two attached hydrogens (primary N) is 2. The van der Waals surface area contributed by atoms with E-state index in [0.717, 1.165) is 88.1 Å². The fraction of sp³-hybridized carbons (Fsp3) is 0.571. The maximum absolute atomic E-state index is 9.07. The SMILES string of the molecule is CCN1CCN(CCOc2ccc(N)cc2)CC1.Nc1ccc(OCCN2CCC(CO)CC2)cc1. The van der Waals surface area contributed by atoms with E-state index < -0.39 is 0 Å². The lowest BCUT2D eigenvalue weighted by atomic mass is 9.98. The molecule has 0 aromatic heterocycles. The molecule has 36 heavy (non-hydrogen) atoms. The van der Waals surface area contributed by atoms with Crippen molar-refractivity contribution >= 4 is 11.4 Å². The molecule has 0 amide bonds. The van der Waals surface area contributed by atoms with Crippen molar-refractivity contribution < 1.29 is 14.6 Å². The van der Waals surface area contributed by atoms with Gasteiger partial charge in [0.2, 0.25) is 0 Å². The molecule has 2 fully saturated rings. The van der Waals surface area contributed by atoms with E-state index in [-0.39, 0.29) is 0 Å². The molecule has 2 aliphatic rings. The van der Waals surface area contributed by atoms with Gasteiger partial charge < -0.3 is 30.9 Å². The highest BCUT2D eigenvalue weighted by molar-refractivity contribution is 5.42. The van der Waals surface area contributed by atoms with E-state index in [1.54, 1.807) is 0 Å². The summed E-state index contributed by atoms with van der Waals surface area (Å²) in [7, 11) is 0. The van der Waals surface area contributed by atoms with Crippen molar-refractivity contribution in [1.82, 2.24) is 14.7 Å². The summed E-state index contributed by atoms with van der Waals surface area (Å²) in [5.74, 6) is 2.27. The van der Waals surface area contributed by atoms with Crippen LogP contribution in [0.3, 0.4) is 0 Å². The van der Waals surface area contributed by atoms with Crippen LogP contribution in [0.5, 0.6) is 11.5 Å². The Labute approximate surface area is 216 Å². The van der Waals surface area contributed by atoms with Gasteiger partial charge in [-0.05, 0) is 86.9 Å². The lowest BCUT2D eigenvalue weighted by Gasteiger charge is -2.33. The Morgan fingerprint density at radius 3 is 1.53 bits per heavy atom. The minimum Gasteiger partial charge on any atom is -0.492 e. The van der Waals surface area contributed by atoms with Crippen LogP contribution in [-0.2, 0) is 0 Å². The number of nitrogens with zero attached hydrogens (tertiary/aromatic N) is 3. The van der Waals surface area contributed by atoms with Crippen LogP contribution in [0.2, 0.25) is 0 Å². The Kier molecular flexibility index (Phi) is 12.1. The van der Waals surface area contributed by atoms with Crippen LogP contribution < -0.4 is 20.9 Å². The van der Waals surface area contributed by atoms with Gasteiger partial charge in [0.25, 0.3) is 0 Å². The summed E-state index contributed by atoms with van der Waals surface area (Å²) in [6.07, 6.45) is 2.19. The topological polar surface area (TPSA) is 100 Å². The second kappa shape index (κ2) is 15.6. The molecule has 0 unspecified atom stereocenters. The van der Waals surface area contributed by atoms with Gasteiger partial charge in [-0.15, -0.1) is 0 Å². The number of aliphatic hydroxyl groups is 1. The summed E-state index contributed by atoms with van der Waals surface area (Å²) in [6, 6.07) is 15.1. The van der Waals surface area contributed by atoms with Crippen LogP contribution >= 0.6 is 0 Å². The zero-order valence-electron chi connectivity index (χ0n) is 21.9. The number of benzene rings is 2. The number of hydrogen-bond acceptors (Lipinski definition) is 8. The first-order valence-electron chi connectivity index (χ1n) is 13.3. The number of ether oxygens (including phenoxy) is 2. The summed E-state index contributed by atoms with van der Waals surface area (Å²) >= 11 is 0. The van der Waals surface area contributed by atoms with Crippen LogP contribution in [0.15, 0.2) is 48.5 Å². The minimum atomic E-state index is 0.329. The van der Waals surface area contributed by atoms with Gasteiger partial charge in [-0.25, -0.2) is 0 Å². The van der Waals surface area contributed by atoms with Crippen LogP contribution in [-0.4, -0.2) is 98.5 Å². The highest BCUT2D eigenvalue weighted by Crippen LogP contribution is 2.17. The van der Waals surface area contributed by atoms with Crippen LogP contribution in [0.1, 0.15) is 19.8 Å². The maximum Gasteiger partial charge on any atom is 0.119 e. The molecule has 4 rings (SSSR count). The number of piperidine rings is 1. The predicted molar refractivity (Wildman–Crippen MR) is 148 cm³/mol. The molecule has 2 saturated heterocycles. The van der Waals surface area contributed by atoms with E-state index in [1.807, 2.05) is 48.5 Å². The Hall–Kier alpha value is -2.52. The average molecular weight is 500 g/mol. The summed E-state index contributed by atoms with van der Waals surface area (Å²) < 4.78 is 11.4. The number of rotatable bonds is 10. The molecule has 0 saturated carbocycles. The Morgan fingerprint density at radius 2 is 1.11 bits per heavy atom. The van der Waals surface area contributed by atoms with Crippen molar-refractivity contribution in [2.24, 2.45) is 5.92 Å². The van der Waals surface area contributed by atoms with Gasteiger partial charge in [0.15, 0.2) is 0 Å². The second-order valence-electron chi connectivity index (χ2n) is 9.58. The zero-order chi connectivity index (χ0) is 25.6. The van der Waals surface area contributed by atoms with E-state index >= 15 is 0 Å². The van der Waals surface area contributed by atoms with E-state index in [4.69, 9.17) is 26.0 Å². The van der Waals surface area contributed by atoms with E-state index in [9.17, 15) is 0 Å². The first-order valence-corrected chi connectivity index (χ1v) is 13.3. The van der Waals surface area contributed by atoms with Crippen molar-refractivity contribution in [3.8, 4) is 11.5 Å². The number of hydrogen-bond donors (Lipinski definition) is 3. The third-order valence-electron chi connectivity index (χ3n) is 6.99. The normalized spacial score (nSPS) is 17.8. The third-order valence-corrected chi connectivity index (χ3v) is 6.99. The lowest BCUT2D eigenvalue weighted by Crippen LogP contribution is -2.47. The largest absolute Gasteiger partial charge is 0.492 e. The van der Waals surface area contributed by atoms with Crippen molar-refractivity contribution in [1.29, 1.82) is 0 Å².